The number of fused-ring (bicyclic) bond motifs is 1. The highest BCUT2D eigenvalue weighted by molar-refractivity contribution is 5.93. The summed E-state index contributed by atoms with van der Waals surface area (Å²) in [5, 5.41) is 11.0. The van der Waals surface area contributed by atoms with Crippen molar-refractivity contribution < 1.29 is 19.2 Å². The Morgan fingerprint density at radius 2 is 1.97 bits per heavy atom. The Labute approximate surface area is 166 Å². The summed E-state index contributed by atoms with van der Waals surface area (Å²) in [7, 11) is 0. The first kappa shape index (κ1) is 18.5. The van der Waals surface area contributed by atoms with Crippen LogP contribution in [0.2, 0.25) is 0 Å². The molecule has 0 unspecified atom stereocenters. The second kappa shape index (κ2) is 7.63. The van der Waals surface area contributed by atoms with E-state index >= 15 is 0 Å². The van der Waals surface area contributed by atoms with E-state index in [1.807, 2.05) is 48.5 Å². The maximum absolute atomic E-state index is 13.1. The summed E-state index contributed by atoms with van der Waals surface area (Å²) in [4.78, 5) is 29.0. The Morgan fingerprint density at radius 3 is 2.69 bits per heavy atom. The van der Waals surface area contributed by atoms with Gasteiger partial charge in [0.25, 0.3) is 0 Å². The molecule has 0 saturated carbocycles. The van der Waals surface area contributed by atoms with E-state index in [1.165, 1.54) is 10.8 Å². The van der Waals surface area contributed by atoms with E-state index in [0.717, 1.165) is 11.3 Å². The molecule has 0 atom stereocenters. The number of aromatic nitrogens is 2. The molecule has 1 aliphatic heterocycles. The molecule has 1 aromatic heterocycles. The number of rotatable bonds is 6. The van der Waals surface area contributed by atoms with Gasteiger partial charge in [-0.3, -0.25) is 9.36 Å². The maximum Gasteiger partial charge on any atom is 0.381 e. The molecule has 0 spiro atoms. The number of nitro groups is 1. The van der Waals surface area contributed by atoms with Crippen molar-refractivity contribution in [3.63, 3.8) is 0 Å². The molecule has 2 aromatic carbocycles. The number of hydrogen-bond donors (Lipinski definition) is 0. The number of aryl methyl sites for hydroxylation is 1. The fraction of sp³-hybridized carbons (Fsp3) is 0.200. The first-order valence-corrected chi connectivity index (χ1v) is 8.93. The van der Waals surface area contributed by atoms with Crippen LogP contribution < -0.4 is 14.4 Å². The van der Waals surface area contributed by atoms with Crippen LogP contribution in [0.3, 0.4) is 0 Å². The third kappa shape index (κ3) is 3.88. The predicted molar refractivity (Wildman–Crippen MR) is 104 cm³/mol. The summed E-state index contributed by atoms with van der Waals surface area (Å²) in [6, 6.07) is 14.8. The van der Waals surface area contributed by atoms with Crippen LogP contribution >= 0.6 is 0 Å². The zero-order valence-electron chi connectivity index (χ0n) is 15.6. The fourth-order valence-electron chi connectivity index (χ4n) is 3.12. The van der Waals surface area contributed by atoms with E-state index < -0.39 is 4.92 Å². The average molecular weight is 394 g/mol. The lowest BCUT2D eigenvalue weighted by molar-refractivity contribution is -0.389. The van der Waals surface area contributed by atoms with Crippen molar-refractivity contribution >= 4 is 17.4 Å². The van der Waals surface area contributed by atoms with Crippen LogP contribution in [0.25, 0.3) is 0 Å². The number of nitrogens with zero attached hydrogens (tertiary/aromatic N) is 4. The van der Waals surface area contributed by atoms with Gasteiger partial charge in [-0.1, -0.05) is 24.3 Å². The Bertz CT molecular complexity index is 1060. The Kier molecular flexibility index (Phi) is 4.86. The number of para-hydroxylation sites is 1. The molecule has 0 radical (unpaired) electrons. The third-order valence-corrected chi connectivity index (χ3v) is 4.60. The highest BCUT2D eigenvalue weighted by Crippen LogP contribution is 2.33. The lowest BCUT2D eigenvalue weighted by atomic mass is 10.1. The second-order valence-electron chi connectivity index (χ2n) is 6.53. The number of ether oxygens (including phenoxy) is 2. The lowest BCUT2D eigenvalue weighted by Crippen LogP contribution is -2.33. The van der Waals surface area contributed by atoms with Crippen molar-refractivity contribution in [2.75, 3.05) is 11.7 Å². The summed E-state index contributed by atoms with van der Waals surface area (Å²) >= 11 is 0. The van der Waals surface area contributed by atoms with Crippen molar-refractivity contribution in [1.29, 1.82) is 0 Å². The summed E-state index contributed by atoms with van der Waals surface area (Å²) in [5.41, 5.74) is 1.60. The van der Waals surface area contributed by atoms with Gasteiger partial charge in [0, 0.05) is 12.6 Å². The van der Waals surface area contributed by atoms with Gasteiger partial charge in [0.1, 0.15) is 12.7 Å². The standard InChI is InChI=1S/C20H18N4O5/c1-14-21-19(24(26)27)11-22(14)12-20(25)23(16-5-3-2-4-6-16)10-15-7-8-17-18(9-15)29-13-28-17/h2-9,11H,10,12-13H2,1H3. The molecule has 0 bridgehead atoms. The van der Waals surface area contributed by atoms with E-state index in [1.54, 1.807) is 11.8 Å². The molecule has 1 amide bonds. The summed E-state index contributed by atoms with van der Waals surface area (Å²) < 4.78 is 12.2. The summed E-state index contributed by atoms with van der Waals surface area (Å²) in [5.74, 6) is 1.22. The van der Waals surface area contributed by atoms with Gasteiger partial charge in [-0.15, -0.1) is 0 Å². The lowest BCUT2D eigenvalue weighted by Gasteiger charge is -2.23. The largest absolute Gasteiger partial charge is 0.454 e. The van der Waals surface area contributed by atoms with Crippen molar-refractivity contribution in [1.82, 2.24) is 9.55 Å². The molecule has 0 aliphatic carbocycles. The number of carbonyl (C=O) groups excluding carboxylic acids is 1. The SMILES string of the molecule is Cc1nc([N+](=O)[O-])cn1CC(=O)N(Cc1ccc2c(c1)OCO2)c1ccccc1. The monoisotopic (exact) mass is 394 g/mol. The van der Waals surface area contributed by atoms with Crippen LogP contribution in [-0.2, 0) is 17.9 Å². The molecule has 0 fully saturated rings. The Morgan fingerprint density at radius 1 is 1.21 bits per heavy atom. The molecular weight excluding hydrogens is 376 g/mol. The molecule has 148 valence electrons. The predicted octanol–water partition coefficient (Wildman–Crippen LogP) is 3.06. The Balaban J connectivity index is 1.60. The van der Waals surface area contributed by atoms with Crippen molar-refractivity contribution in [2.24, 2.45) is 0 Å². The highest BCUT2D eigenvalue weighted by Gasteiger charge is 2.22. The minimum absolute atomic E-state index is 0.0634. The van der Waals surface area contributed by atoms with E-state index in [4.69, 9.17) is 9.47 Å². The quantitative estimate of drug-likeness (QED) is 0.471. The van der Waals surface area contributed by atoms with Gasteiger partial charge in [-0.2, -0.15) is 0 Å². The van der Waals surface area contributed by atoms with E-state index in [9.17, 15) is 14.9 Å². The molecule has 29 heavy (non-hydrogen) atoms. The minimum atomic E-state index is -0.574. The van der Waals surface area contributed by atoms with Gasteiger partial charge in [-0.05, 0) is 39.7 Å². The van der Waals surface area contributed by atoms with Gasteiger partial charge in [0.15, 0.2) is 11.5 Å². The van der Waals surface area contributed by atoms with E-state index in [2.05, 4.69) is 4.98 Å². The molecule has 3 aromatic rings. The molecular formula is C20H18N4O5. The summed E-state index contributed by atoms with van der Waals surface area (Å²) in [6.07, 6.45) is 1.27. The molecule has 9 nitrogen and oxygen atoms in total. The van der Waals surface area contributed by atoms with Gasteiger partial charge >= 0.3 is 5.82 Å². The highest BCUT2D eigenvalue weighted by atomic mass is 16.7. The third-order valence-electron chi connectivity index (χ3n) is 4.60. The van der Waals surface area contributed by atoms with Crippen LogP contribution in [0.4, 0.5) is 11.5 Å². The first-order valence-electron chi connectivity index (χ1n) is 8.93. The minimum Gasteiger partial charge on any atom is -0.454 e. The molecule has 4 rings (SSSR count). The van der Waals surface area contributed by atoms with E-state index in [-0.39, 0.29) is 25.1 Å². The van der Waals surface area contributed by atoms with Crippen molar-refractivity contribution in [3.05, 3.63) is 76.2 Å². The second-order valence-corrected chi connectivity index (χ2v) is 6.53. The van der Waals surface area contributed by atoms with Crippen LogP contribution in [0, 0.1) is 17.0 Å². The van der Waals surface area contributed by atoms with Gasteiger partial charge < -0.3 is 24.5 Å². The topological polar surface area (TPSA) is 99.7 Å². The molecule has 9 heteroatoms. The van der Waals surface area contributed by atoms with Gasteiger partial charge in [0.2, 0.25) is 18.5 Å². The zero-order valence-corrected chi connectivity index (χ0v) is 15.6. The number of imidazole rings is 1. The van der Waals surface area contributed by atoms with Gasteiger partial charge in [0.05, 0.1) is 6.54 Å². The molecule has 0 N–H and O–H groups in total. The Hall–Kier alpha value is -3.88. The maximum atomic E-state index is 13.1. The number of benzene rings is 2. The first-order chi connectivity index (χ1) is 14.0. The van der Waals surface area contributed by atoms with Gasteiger partial charge in [-0.25, -0.2) is 0 Å². The van der Waals surface area contributed by atoms with Crippen LogP contribution in [0.5, 0.6) is 11.5 Å². The normalized spacial score (nSPS) is 12.0. The van der Waals surface area contributed by atoms with Crippen LogP contribution in [0.1, 0.15) is 11.4 Å². The number of hydrogen-bond acceptors (Lipinski definition) is 6. The molecule has 1 aliphatic rings. The summed E-state index contributed by atoms with van der Waals surface area (Å²) in [6.45, 7) is 2.06. The van der Waals surface area contributed by atoms with Crippen LogP contribution in [0.15, 0.2) is 54.7 Å². The number of amides is 1. The smallest absolute Gasteiger partial charge is 0.381 e. The number of carbonyl (C=O) groups is 1. The average Bonchev–Trinajstić information content (AvgIpc) is 3.33. The zero-order chi connectivity index (χ0) is 20.4. The van der Waals surface area contributed by atoms with Crippen LogP contribution in [-0.4, -0.2) is 27.2 Å². The molecule has 2 heterocycles. The fourth-order valence-corrected chi connectivity index (χ4v) is 3.12. The molecule has 0 saturated heterocycles. The van der Waals surface area contributed by atoms with E-state index in [0.29, 0.717) is 23.9 Å². The van der Waals surface area contributed by atoms with Crippen molar-refractivity contribution in [3.8, 4) is 11.5 Å². The number of anilines is 1. The van der Waals surface area contributed by atoms with Crippen molar-refractivity contribution in [2.45, 2.75) is 20.0 Å².